The lowest BCUT2D eigenvalue weighted by atomic mass is 10.1. The average Bonchev–Trinajstić information content (AvgIpc) is 2.88. The van der Waals surface area contributed by atoms with Gasteiger partial charge in [0, 0.05) is 43.5 Å². The highest BCUT2D eigenvalue weighted by Gasteiger charge is 2.16. The van der Waals surface area contributed by atoms with Crippen LogP contribution in [0.1, 0.15) is 12.6 Å². The van der Waals surface area contributed by atoms with Crippen LogP contribution < -0.4 is 5.32 Å². The van der Waals surface area contributed by atoms with Crippen LogP contribution in [0.15, 0.2) is 36.4 Å². The molecule has 5 heteroatoms. The van der Waals surface area contributed by atoms with E-state index in [2.05, 4.69) is 45.5 Å². The van der Waals surface area contributed by atoms with Gasteiger partial charge in [0.1, 0.15) is 0 Å². The highest BCUT2D eigenvalue weighted by atomic mass is 35.5. The maximum atomic E-state index is 4.40. The zero-order valence-corrected chi connectivity index (χ0v) is 12.5. The molecule has 1 atom stereocenters. The SMILES string of the molecule is C[C@@H]1CN(Cc2cc(-c3ccccc3)n[nH]2)CCN1.Cl. The van der Waals surface area contributed by atoms with Crippen molar-refractivity contribution < 1.29 is 0 Å². The van der Waals surface area contributed by atoms with Gasteiger partial charge >= 0.3 is 0 Å². The topological polar surface area (TPSA) is 44.0 Å². The van der Waals surface area contributed by atoms with Crippen molar-refractivity contribution in [2.75, 3.05) is 19.6 Å². The van der Waals surface area contributed by atoms with E-state index in [1.54, 1.807) is 0 Å². The number of piperazine rings is 1. The van der Waals surface area contributed by atoms with Gasteiger partial charge in [-0.2, -0.15) is 5.10 Å². The number of rotatable bonds is 3. The number of aromatic nitrogens is 2. The van der Waals surface area contributed by atoms with Gasteiger partial charge in [0.25, 0.3) is 0 Å². The van der Waals surface area contributed by atoms with Crippen molar-refractivity contribution in [1.29, 1.82) is 0 Å². The molecule has 2 aromatic rings. The van der Waals surface area contributed by atoms with Gasteiger partial charge in [-0.15, -0.1) is 12.4 Å². The molecule has 1 aliphatic rings. The van der Waals surface area contributed by atoms with Crippen LogP contribution in [0.5, 0.6) is 0 Å². The van der Waals surface area contributed by atoms with E-state index in [1.165, 1.54) is 11.3 Å². The summed E-state index contributed by atoms with van der Waals surface area (Å²) in [6, 6.07) is 13.0. The Kier molecular flexibility index (Phi) is 5.17. The van der Waals surface area contributed by atoms with Crippen LogP contribution in [0.4, 0.5) is 0 Å². The summed E-state index contributed by atoms with van der Waals surface area (Å²) in [7, 11) is 0. The van der Waals surface area contributed by atoms with Crippen LogP contribution in [-0.2, 0) is 6.54 Å². The monoisotopic (exact) mass is 292 g/mol. The summed E-state index contributed by atoms with van der Waals surface area (Å²) in [4.78, 5) is 2.46. The van der Waals surface area contributed by atoms with E-state index in [1.807, 2.05) is 18.2 Å². The highest BCUT2D eigenvalue weighted by molar-refractivity contribution is 5.85. The molecule has 0 spiro atoms. The summed E-state index contributed by atoms with van der Waals surface area (Å²) < 4.78 is 0. The van der Waals surface area contributed by atoms with Crippen molar-refractivity contribution in [2.24, 2.45) is 0 Å². The van der Waals surface area contributed by atoms with Crippen molar-refractivity contribution in [3.05, 3.63) is 42.1 Å². The predicted octanol–water partition coefficient (Wildman–Crippen LogP) is 2.29. The number of H-pyrrole nitrogens is 1. The average molecular weight is 293 g/mol. The minimum Gasteiger partial charge on any atom is -0.312 e. The van der Waals surface area contributed by atoms with Crippen LogP contribution in [-0.4, -0.2) is 40.8 Å². The van der Waals surface area contributed by atoms with Gasteiger partial charge in [-0.05, 0) is 13.0 Å². The van der Waals surface area contributed by atoms with E-state index in [9.17, 15) is 0 Å². The molecule has 0 unspecified atom stereocenters. The molecule has 20 heavy (non-hydrogen) atoms. The fourth-order valence-electron chi connectivity index (χ4n) is 2.60. The fraction of sp³-hybridized carbons (Fsp3) is 0.400. The van der Waals surface area contributed by atoms with E-state index < -0.39 is 0 Å². The Morgan fingerprint density at radius 1 is 1.30 bits per heavy atom. The van der Waals surface area contributed by atoms with E-state index in [4.69, 9.17) is 0 Å². The maximum Gasteiger partial charge on any atom is 0.0924 e. The molecule has 0 amide bonds. The lowest BCUT2D eigenvalue weighted by Gasteiger charge is -2.31. The molecule has 2 heterocycles. The summed E-state index contributed by atoms with van der Waals surface area (Å²) in [5, 5.41) is 11.0. The molecule has 0 radical (unpaired) electrons. The quantitative estimate of drug-likeness (QED) is 0.912. The third-order valence-electron chi connectivity index (χ3n) is 3.55. The second-order valence-corrected chi connectivity index (χ2v) is 5.23. The molecule has 2 N–H and O–H groups in total. The number of nitrogens with one attached hydrogen (secondary N) is 2. The van der Waals surface area contributed by atoms with E-state index in [-0.39, 0.29) is 12.4 Å². The van der Waals surface area contributed by atoms with E-state index in [0.29, 0.717) is 6.04 Å². The van der Waals surface area contributed by atoms with Crippen molar-refractivity contribution in [2.45, 2.75) is 19.5 Å². The largest absolute Gasteiger partial charge is 0.312 e. The van der Waals surface area contributed by atoms with Gasteiger partial charge in [-0.1, -0.05) is 30.3 Å². The third-order valence-corrected chi connectivity index (χ3v) is 3.55. The lowest BCUT2D eigenvalue weighted by Crippen LogP contribution is -2.48. The summed E-state index contributed by atoms with van der Waals surface area (Å²) in [6.07, 6.45) is 0. The first-order valence-corrected chi connectivity index (χ1v) is 6.87. The van der Waals surface area contributed by atoms with Crippen LogP contribution in [0, 0.1) is 0 Å². The Labute approximate surface area is 126 Å². The highest BCUT2D eigenvalue weighted by Crippen LogP contribution is 2.17. The molecule has 108 valence electrons. The molecule has 1 aromatic carbocycles. The second kappa shape index (κ2) is 6.88. The van der Waals surface area contributed by atoms with Gasteiger partial charge in [0.05, 0.1) is 5.69 Å². The van der Waals surface area contributed by atoms with Crippen LogP contribution in [0.3, 0.4) is 0 Å². The molecule has 0 saturated carbocycles. The van der Waals surface area contributed by atoms with Crippen LogP contribution in [0.2, 0.25) is 0 Å². The molecule has 4 nitrogen and oxygen atoms in total. The minimum absolute atomic E-state index is 0. The van der Waals surface area contributed by atoms with Crippen LogP contribution >= 0.6 is 12.4 Å². The first-order chi connectivity index (χ1) is 9.31. The molecule has 0 bridgehead atoms. The van der Waals surface area contributed by atoms with E-state index >= 15 is 0 Å². The summed E-state index contributed by atoms with van der Waals surface area (Å²) >= 11 is 0. The summed E-state index contributed by atoms with van der Waals surface area (Å²) in [5.41, 5.74) is 3.38. The maximum absolute atomic E-state index is 4.40. The van der Waals surface area contributed by atoms with Gasteiger partial charge in [-0.25, -0.2) is 0 Å². The first kappa shape index (κ1) is 15.0. The number of benzene rings is 1. The smallest absolute Gasteiger partial charge is 0.0924 e. The zero-order chi connectivity index (χ0) is 13.1. The third kappa shape index (κ3) is 3.60. The normalized spacial score (nSPS) is 19.6. The Balaban J connectivity index is 0.00000147. The molecule has 3 rings (SSSR count). The van der Waals surface area contributed by atoms with Gasteiger partial charge < -0.3 is 5.32 Å². The summed E-state index contributed by atoms with van der Waals surface area (Å²) in [5.74, 6) is 0. The van der Waals surface area contributed by atoms with Gasteiger partial charge in [0.15, 0.2) is 0 Å². The van der Waals surface area contributed by atoms with Gasteiger partial charge in [-0.3, -0.25) is 10.00 Å². The lowest BCUT2D eigenvalue weighted by molar-refractivity contribution is 0.197. The van der Waals surface area contributed by atoms with Crippen molar-refractivity contribution in [1.82, 2.24) is 20.4 Å². The molecule has 0 aliphatic carbocycles. The molecule has 1 saturated heterocycles. The van der Waals surface area contributed by atoms with Crippen molar-refractivity contribution in [3.8, 4) is 11.3 Å². The molecule has 1 aliphatic heterocycles. The molecular weight excluding hydrogens is 272 g/mol. The Bertz CT molecular complexity index is 526. The van der Waals surface area contributed by atoms with Gasteiger partial charge in [0.2, 0.25) is 0 Å². The number of nitrogens with zero attached hydrogens (tertiary/aromatic N) is 2. The number of aromatic amines is 1. The minimum atomic E-state index is 0. The Hall–Kier alpha value is -1.36. The molecular formula is C15H21ClN4. The fourth-order valence-corrected chi connectivity index (χ4v) is 2.60. The summed E-state index contributed by atoms with van der Waals surface area (Å²) in [6.45, 7) is 6.45. The Morgan fingerprint density at radius 3 is 2.85 bits per heavy atom. The van der Waals surface area contributed by atoms with Crippen molar-refractivity contribution in [3.63, 3.8) is 0 Å². The van der Waals surface area contributed by atoms with E-state index in [0.717, 1.165) is 31.9 Å². The molecule has 1 aromatic heterocycles. The zero-order valence-electron chi connectivity index (χ0n) is 11.7. The molecule has 1 fully saturated rings. The Morgan fingerprint density at radius 2 is 2.10 bits per heavy atom. The second-order valence-electron chi connectivity index (χ2n) is 5.23. The van der Waals surface area contributed by atoms with Crippen LogP contribution in [0.25, 0.3) is 11.3 Å². The standard InChI is InChI=1S/C15H20N4.ClH/c1-12-10-19(8-7-16-12)11-14-9-15(18-17-14)13-5-3-2-4-6-13;/h2-6,9,12,16H,7-8,10-11H2,1H3,(H,17,18);1H/t12-;/m1./s1. The number of hydrogen-bond acceptors (Lipinski definition) is 3. The number of halogens is 1. The van der Waals surface area contributed by atoms with Crippen molar-refractivity contribution >= 4 is 12.4 Å². The first-order valence-electron chi connectivity index (χ1n) is 6.87. The predicted molar refractivity (Wildman–Crippen MR) is 84.0 cm³/mol. The number of hydrogen-bond donors (Lipinski definition) is 2.